The number of amides is 2. The maximum absolute atomic E-state index is 13.7. The molecular formula is C21H22F2N2O2S. The average Bonchev–Trinajstić information content (AvgIpc) is 3.11. The van der Waals surface area contributed by atoms with Crippen LogP contribution in [0.3, 0.4) is 0 Å². The molecule has 1 saturated heterocycles. The molecule has 0 aromatic heterocycles. The first-order valence-corrected chi connectivity index (χ1v) is 10.1. The van der Waals surface area contributed by atoms with Gasteiger partial charge < -0.3 is 10.2 Å². The first kappa shape index (κ1) is 20.3. The Hall–Kier alpha value is -2.41. The van der Waals surface area contributed by atoms with E-state index in [1.165, 1.54) is 36.0 Å². The minimum Gasteiger partial charge on any atom is -0.350 e. The number of thioether (sulfide) groups is 1. The monoisotopic (exact) mass is 404 g/mol. The van der Waals surface area contributed by atoms with Crippen molar-refractivity contribution in [2.24, 2.45) is 5.92 Å². The lowest BCUT2D eigenvalue weighted by Gasteiger charge is -2.30. The van der Waals surface area contributed by atoms with Gasteiger partial charge >= 0.3 is 0 Å². The van der Waals surface area contributed by atoms with Crippen LogP contribution in [0, 0.1) is 17.6 Å². The van der Waals surface area contributed by atoms with Gasteiger partial charge in [-0.1, -0.05) is 38.1 Å². The highest BCUT2D eigenvalue weighted by Gasteiger charge is 2.42. The third-order valence-corrected chi connectivity index (χ3v) is 5.89. The summed E-state index contributed by atoms with van der Waals surface area (Å²) in [6.45, 7) is 3.80. The van der Waals surface area contributed by atoms with Crippen LogP contribution in [0.1, 0.15) is 30.3 Å². The third kappa shape index (κ3) is 4.52. The van der Waals surface area contributed by atoms with Crippen molar-refractivity contribution in [3.63, 3.8) is 0 Å². The van der Waals surface area contributed by atoms with E-state index in [0.717, 1.165) is 5.56 Å². The molecular weight excluding hydrogens is 382 g/mol. The molecule has 0 unspecified atom stereocenters. The molecule has 0 spiro atoms. The van der Waals surface area contributed by atoms with Gasteiger partial charge in [-0.05, 0) is 35.4 Å². The van der Waals surface area contributed by atoms with E-state index < -0.39 is 11.4 Å². The number of nitrogens with one attached hydrogen (secondary N) is 1. The standard InChI is InChI=1S/C21H22F2N2O2S/c1-13(2)20(27)25-18(12-28-21(25)15-4-3-5-17(23)10-15)19(26)24-11-14-6-8-16(22)9-7-14/h3-10,13,18,21H,11-12H2,1-2H3,(H,24,26)/t18-,21+/m1/s1. The summed E-state index contributed by atoms with van der Waals surface area (Å²) in [4.78, 5) is 27.2. The summed E-state index contributed by atoms with van der Waals surface area (Å²) in [7, 11) is 0. The minimum absolute atomic E-state index is 0.152. The molecule has 0 saturated carbocycles. The lowest BCUT2D eigenvalue weighted by atomic mass is 10.1. The molecule has 148 valence electrons. The van der Waals surface area contributed by atoms with Gasteiger partial charge in [0.25, 0.3) is 0 Å². The van der Waals surface area contributed by atoms with Crippen molar-refractivity contribution in [3.8, 4) is 0 Å². The zero-order chi connectivity index (χ0) is 20.3. The third-order valence-electron chi connectivity index (χ3n) is 4.57. The molecule has 4 nitrogen and oxygen atoms in total. The second-order valence-electron chi connectivity index (χ2n) is 7.00. The van der Waals surface area contributed by atoms with Crippen LogP contribution >= 0.6 is 11.8 Å². The van der Waals surface area contributed by atoms with Crippen molar-refractivity contribution in [1.82, 2.24) is 10.2 Å². The summed E-state index contributed by atoms with van der Waals surface area (Å²) >= 11 is 1.45. The molecule has 1 aliphatic heterocycles. The quantitative estimate of drug-likeness (QED) is 0.823. The molecule has 0 aliphatic carbocycles. The Morgan fingerprint density at radius 2 is 1.86 bits per heavy atom. The molecule has 0 bridgehead atoms. The summed E-state index contributed by atoms with van der Waals surface area (Å²) in [6, 6.07) is 11.3. The van der Waals surface area contributed by atoms with Crippen LogP contribution in [-0.4, -0.2) is 28.5 Å². The summed E-state index contributed by atoms with van der Waals surface area (Å²) in [5, 5.41) is 2.41. The summed E-state index contributed by atoms with van der Waals surface area (Å²) in [5.41, 5.74) is 1.43. The topological polar surface area (TPSA) is 49.4 Å². The highest BCUT2D eigenvalue weighted by atomic mass is 32.2. The van der Waals surface area contributed by atoms with Crippen molar-refractivity contribution in [3.05, 3.63) is 71.3 Å². The van der Waals surface area contributed by atoms with Crippen LogP contribution in [0.15, 0.2) is 48.5 Å². The molecule has 0 radical (unpaired) electrons. The molecule has 1 heterocycles. The van der Waals surface area contributed by atoms with Crippen molar-refractivity contribution >= 4 is 23.6 Å². The summed E-state index contributed by atoms with van der Waals surface area (Å²) in [6.07, 6.45) is 0. The number of halogens is 2. The van der Waals surface area contributed by atoms with Gasteiger partial charge in [0.2, 0.25) is 11.8 Å². The molecule has 2 aromatic carbocycles. The fraction of sp³-hybridized carbons (Fsp3) is 0.333. The molecule has 2 atom stereocenters. The van der Waals surface area contributed by atoms with Gasteiger partial charge in [0, 0.05) is 18.2 Å². The molecule has 1 N–H and O–H groups in total. The second kappa shape index (κ2) is 8.73. The van der Waals surface area contributed by atoms with E-state index >= 15 is 0 Å². The van der Waals surface area contributed by atoms with Gasteiger partial charge in [-0.2, -0.15) is 0 Å². The minimum atomic E-state index is -0.645. The Kier molecular flexibility index (Phi) is 6.34. The SMILES string of the molecule is CC(C)C(=O)N1[C@@H](C(=O)NCc2ccc(F)cc2)CS[C@H]1c1cccc(F)c1. The molecule has 1 aliphatic rings. The first-order chi connectivity index (χ1) is 13.4. The van der Waals surface area contributed by atoms with Crippen molar-refractivity contribution in [2.75, 3.05) is 5.75 Å². The van der Waals surface area contributed by atoms with Crippen LogP contribution in [0.4, 0.5) is 8.78 Å². The predicted octanol–water partition coefficient (Wildman–Crippen LogP) is 3.88. The number of carbonyl (C=O) groups excluding carboxylic acids is 2. The Morgan fingerprint density at radius 3 is 2.50 bits per heavy atom. The molecule has 1 fully saturated rings. The number of carbonyl (C=O) groups is 2. The van der Waals surface area contributed by atoms with Crippen molar-refractivity contribution in [1.29, 1.82) is 0 Å². The van der Waals surface area contributed by atoms with Crippen LogP contribution in [-0.2, 0) is 16.1 Å². The van der Waals surface area contributed by atoms with Gasteiger partial charge in [0.1, 0.15) is 23.1 Å². The van der Waals surface area contributed by atoms with Crippen LogP contribution in [0.5, 0.6) is 0 Å². The Morgan fingerprint density at radius 1 is 1.14 bits per heavy atom. The molecule has 28 heavy (non-hydrogen) atoms. The van der Waals surface area contributed by atoms with Gasteiger partial charge in [-0.3, -0.25) is 9.59 Å². The Bertz CT molecular complexity index is 858. The van der Waals surface area contributed by atoms with Gasteiger partial charge in [0.05, 0.1) is 0 Å². The number of rotatable bonds is 5. The molecule has 2 amide bonds. The molecule has 2 aromatic rings. The highest BCUT2D eigenvalue weighted by molar-refractivity contribution is 7.99. The van der Waals surface area contributed by atoms with E-state index in [1.54, 1.807) is 43.0 Å². The Balaban J connectivity index is 1.77. The molecule has 3 rings (SSSR count). The number of hydrogen-bond acceptors (Lipinski definition) is 3. The fourth-order valence-corrected chi connectivity index (χ4v) is 4.53. The van der Waals surface area contributed by atoms with E-state index in [1.807, 2.05) is 0 Å². The predicted molar refractivity (Wildman–Crippen MR) is 105 cm³/mol. The Labute approximate surface area is 167 Å². The van der Waals surface area contributed by atoms with Crippen LogP contribution in [0.25, 0.3) is 0 Å². The first-order valence-electron chi connectivity index (χ1n) is 9.08. The maximum atomic E-state index is 13.7. The fourth-order valence-electron chi connectivity index (χ4n) is 3.10. The molecule has 7 heteroatoms. The number of benzene rings is 2. The lowest BCUT2D eigenvalue weighted by Crippen LogP contribution is -2.49. The summed E-state index contributed by atoms with van der Waals surface area (Å²) < 4.78 is 26.7. The van der Waals surface area contributed by atoms with E-state index in [-0.39, 0.29) is 35.9 Å². The zero-order valence-corrected chi connectivity index (χ0v) is 16.5. The van der Waals surface area contributed by atoms with Crippen molar-refractivity contribution < 1.29 is 18.4 Å². The van der Waals surface area contributed by atoms with E-state index in [4.69, 9.17) is 0 Å². The van der Waals surface area contributed by atoms with E-state index in [9.17, 15) is 18.4 Å². The summed E-state index contributed by atoms with van der Waals surface area (Å²) in [5.74, 6) is -1.00. The number of hydrogen-bond donors (Lipinski definition) is 1. The van der Waals surface area contributed by atoms with E-state index in [0.29, 0.717) is 11.3 Å². The highest BCUT2D eigenvalue weighted by Crippen LogP contribution is 2.42. The van der Waals surface area contributed by atoms with Gasteiger partial charge in [-0.15, -0.1) is 11.8 Å². The largest absolute Gasteiger partial charge is 0.350 e. The van der Waals surface area contributed by atoms with Crippen LogP contribution < -0.4 is 5.32 Å². The van der Waals surface area contributed by atoms with E-state index in [2.05, 4.69) is 5.32 Å². The normalized spacial score (nSPS) is 19.1. The second-order valence-corrected chi connectivity index (χ2v) is 8.11. The zero-order valence-electron chi connectivity index (χ0n) is 15.7. The average molecular weight is 404 g/mol. The van der Waals surface area contributed by atoms with Crippen LogP contribution in [0.2, 0.25) is 0 Å². The van der Waals surface area contributed by atoms with Gasteiger partial charge in [-0.25, -0.2) is 8.78 Å². The smallest absolute Gasteiger partial charge is 0.243 e. The van der Waals surface area contributed by atoms with Gasteiger partial charge in [0.15, 0.2) is 0 Å². The maximum Gasteiger partial charge on any atom is 0.243 e. The van der Waals surface area contributed by atoms with Crippen molar-refractivity contribution in [2.45, 2.75) is 31.8 Å². The number of nitrogens with zero attached hydrogens (tertiary/aromatic N) is 1. The lowest BCUT2D eigenvalue weighted by molar-refractivity contribution is -0.142.